The molecule has 17 heteroatoms. The largest absolute Gasteiger partial charge is 0.451 e. The van der Waals surface area contributed by atoms with Crippen molar-refractivity contribution in [3.63, 3.8) is 0 Å². The minimum absolute atomic E-state index is 0.0801. The molecule has 0 aliphatic carbocycles. The Hall–Kier alpha value is 0.720. The lowest BCUT2D eigenvalue weighted by molar-refractivity contribution is 0.270. The topological polar surface area (TPSA) is 78.3 Å². The number of nitrogens with one attached hydrogen (secondary N) is 1. The van der Waals surface area contributed by atoms with Gasteiger partial charge >= 0.3 is 7.87 Å². The first-order chi connectivity index (χ1) is 19.0. The van der Waals surface area contributed by atoms with Gasteiger partial charge in [0.05, 0.1) is 5.54 Å². The summed E-state index contributed by atoms with van der Waals surface area (Å²) in [6.07, 6.45) is 0.925. The summed E-state index contributed by atoms with van der Waals surface area (Å²) in [6.45, 7) is 11.5. The maximum absolute atomic E-state index is 6.07. The molecule has 0 aromatic heterocycles. The molecule has 0 rings (SSSR count). The molecule has 0 aromatic rings. The summed E-state index contributed by atoms with van der Waals surface area (Å²) in [5.74, 6) is 0. The van der Waals surface area contributed by atoms with Crippen LogP contribution in [0.3, 0.4) is 0 Å². The van der Waals surface area contributed by atoms with Crippen molar-refractivity contribution < 1.29 is 0 Å². The lowest BCUT2D eigenvalue weighted by atomic mass is 9.82. The molecule has 13 nitrogen and oxygen atoms in total. The van der Waals surface area contributed by atoms with Crippen molar-refractivity contribution in [2.24, 2.45) is 19.0 Å². The van der Waals surface area contributed by atoms with Gasteiger partial charge in [-0.2, -0.15) is 0 Å². The normalized spacial score (nSPS) is 15.1. The maximum atomic E-state index is 6.07. The second kappa shape index (κ2) is 15.7. The van der Waals surface area contributed by atoms with E-state index in [2.05, 4.69) is 209 Å². The van der Waals surface area contributed by atoms with Gasteiger partial charge in [-0.1, -0.05) is 20.8 Å². The predicted molar refractivity (Wildman–Crippen MR) is 199 cm³/mol. The van der Waals surface area contributed by atoms with E-state index in [-0.39, 0.29) is 11.0 Å². The average molecular weight is 691 g/mol. The van der Waals surface area contributed by atoms with E-state index in [0.717, 1.165) is 6.42 Å². The van der Waals surface area contributed by atoms with E-state index in [1.54, 1.807) is 0 Å². The van der Waals surface area contributed by atoms with Crippen LogP contribution in [0.5, 0.6) is 0 Å². The molecule has 43 heavy (non-hydrogen) atoms. The fourth-order valence-corrected chi connectivity index (χ4v) is 25.4. The van der Waals surface area contributed by atoms with Crippen molar-refractivity contribution >= 4 is 30.4 Å². The van der Waals surface area contributed by atoms with E-state index < -0.39 is 30.4 Å². The van der Waals surface area contributed by atoms with Crippen LogP contribution in [0.25, 0.3) is 0 Å². The Balaban J connectivity index is 9.38. The average Bonchev–Trinajstić information content (AvgIpc) is 2.75. The Labute approximate surface area is 269 Å². The highest BCUT2D eigenvalue weighted by molar-refractivity contribution is 7.84. The Morgan fingerprint density at radius 1 is 0.419 bits per heavy atom. The quantitative estimate of drug-likeness (QED) is 0.196. The number of hydrogen-bond donors (Lipinski definition) is 1. The first-order valence-electron chi connectivity index (χ1n) is 14.7. The molecule has 0 aliphatic rings. The van der Waals surface area contributed by atoms with E-state index >= 15 is 0 Å². The van der Waals surface area contributed by atoms with Crippen molar-refractivity contribution in [2.75, 3.05) is 127 Å². The van der Waals surface area contributed by atoms with Gasteiger partial charge in [-0.25, -0.2) is 42.0 Å². The molecular weight excluding hydrogens is 618 g/mol. The molecule has 0 amide bonds. The number of nitrogens with zero attached hydrogens (tertiary/aromatic N) is 12. The van der Waals surface area contributed by atoms with Crippen molar-refractivity contribution in [1.82, 2.24) is 47.1 Å². The Morgan fingerprint density at radius 3 is 0.744 bits per heavy atom. The third-order valence-electron chi connectivity index (χ3n) is 6.99. The highest BCUT2D eigenvalue weighted by atomic mass is 31.3. The molecule has 0 radical (unpaired) electrons. The van der Waals surface area contributed by atoms with Gasteiger partial charge in [-0.05, 0) is 166 Å². The molecule has 0 bridgehead atoms. The van der Waals surface area contributed by atoms with Crippen molar-refractivity contribution in [2.45, 2.75) is 46.6 Å². The molecule has 0 aromatic carbocycles. The van der Waals surface area contributed by atoms with E-state index in [1.807, 2.05) is 0 Å². The van der Waals surface area contributed by atoms with Crippen molar-refractivity contribution in [1.29, 1.82) is 0 Å². The zero-order valence-corrected chi connectivity index (χ0v) is 35.9. The van der Waals surface area contributed by atoms with Gasteiger partial charge in [-0.15, -0.1) is 5.09 Å². The molecule has 1 N–H and O–H groups in total. The van der Waals surface area contributed by atoms with Gasteiger partial charge < -0.3 is 0 Å². The zero-order valence-electron chi connectivity index (χ0n) is 32.4. The van der Waals surface area contributed by atoms with Crippen molar-refractivity contribution in [3.8, 4) is 0 Å². The summed E-state index contributed by atoms with van der Waals surface area (Å²) < 4.78 is 38.6. The molecule has 260 valence electrons. The lowest BCUT2D eigenvalue weighted by Crippen LogP contribution is -2.42. The Kier molecular flexibility index (Phi) is 16.0. The second-order valence-electron chi connectivity index (χ2n) is 14.8. The van der Waals surface area contributed by atoms with E-state index in [0.29, 0.717) is 0 Å². The summed E-state index contributed by atoms with van der Waals surface area (Å²) in [4.78, 5) is 0. The zero-order chi connectivity index (χ0) is 34.7. The standard InChI is InChI=1S/C26H72N13P4/c1-25(2,3)24-26(4,5)27-40(28-41(31(6)7,32(8)9)33(10)11,29-42(34(12)13,35(14)15)36(16)17)30-43(37(18)19,38(20)21)39(22)23/h27H,24H2,1-23H3/q+1. The molecule has 0 saturated carbocycles. The molecule has 0 unspecified atom stereocenters. The SMILES string of the molecule is CN(C)P(=N[P+](N=P(N(C)C)(N(C)C)N(C)C)(N=P(N(C)C)(N(C)C)N(C)C)NC(C)(C)CC(C)(C)C)(N(C)C)N(C)C. The fraction of sp³-hybridized carbons (Fsp3) is 1.00. The van der Waals surface area contributed by atoms with E-state index in [1.165, 1.54) is 0 Å². The third kappa shape index (κ3) is 9.87. The Morgan fingerprint density at radius 2 is 0.605 bits per heavy atom. The summed E-state index contributed by atoms with van der Waals surface area (Å²) in [6, 6.07) is 0. The van der Waals surface area contributed by atoms with Crippen LogP contribution in [0.15, 0.2) is 13.5 Å². The van der Waals surface area contributed by atoms with Crippen LogP contribution in [-0.4, -0.2) is 174 Å². The minimum atomic E-state index is -3.16. The summed E-state index contributed by atoms with van der Waals surface area (Å²) in [5, 5.41) is 4.18. The van der Waals surface area contributed by atoms with Gasteiger partial charge in [-0.3, -0.25) is 0 Å². The van der Waals surface area contributed by atoms with Crippen LogP contribution in [0.1, 0.15) is 41.0 Å². The summed E-state index contributed by atoms with van der Waals surface area (Å²) >= 11 is 0. The van der Waals surface area contributed by atoms with Crippen LogP contribution < -0.4 is 5.09 Å². The van der Waals surface area contributed by atoms with E-state index in [4.69, 9.17) is 13.5 Å². The Bertz CT molecular complexity index is 863. The highest BCUT2D eigenvalue weighted by Gasteiger charge is 2.56. The number of rotatable bonds is 15. The van der Waals surface area contributed by atoms with Gasteiger partial charge in [0.25, 0.3) is 0 Å². The summed E-state index contributed by atoms with van der Waals surface area (Å²) in [5.41, 5.74) is -0.249. The van der Waals surface area contributed by atoms with Crippen LogP contribution in [0.4, 0.5) is 0 Å². The molecular formula is C26H72N13P4+. The molecule has 0 aliphatic heterocycles. The minimum Gasteiger partial charge on any atom is -0.249 e. The monoisotopic (exact) mass is 690 g/mol. The first-order valence-corrected chi connectivity index (χ1v) is 21.2. The number of hydrogen-bond acceptors (Lipinski definition) is 4. The van der Waals surface area contributed by atoms with E-state index in [9.17, 15) is 0 Å². The first kappa shape index (κ1) is 43.7. The van der Waals surface area contributed by atoms with Crippen LogP contribution in [0.2, 0.25) is 0 Å². The van der Waals surface area contributed by atoms with Crippen LogP contribution >= 0.6 is 30.4 Å². The molecule has 0 heterocycles. The molecule has 0 fully saturated rings. The second-order valence-corrected chi connectivity index (χ2v) is 28.7. The molecule has 0 spiro atoms. The smallest absolute Gasteiger partial charge is 0.249 e. The van der Waals surface area contributed by atoms with Gasteiger partial charge in [0.1, 0.15) is 0 Å². The van der Waals surface area contributed by atoms with Crippen LogP contribution in [0, 0.1) is 5.41 Å². The summed E-state index contributed by atoms with van der Waals surface area (Å²) in [7, 11) is 27.8. The third-order valence-corrected chi connectivity index (χ3v) is 23.4. The lowest BCUT2D eigenvalue weighted by Gasteiger charge is -2.45. The fourth-order valence-electron chi connectivity index (χ4n) is 6.33. The predicted octanol–water partition coefficient (Wildman–Crippen LogP) is 6.36. The van der Waals surface area contributed by atoms with Gasteiger partial charge in [0.2, 0.25) is 22.5 Å². The molecule has 0 saturated heterocycles. The van der Waals surface area contributed by atoms with Crippen LogP contribution in [-0.2, 0) is 0 Å². The van der Waals surface area contributed by atoms with Gasteiger partial charge in [0.15, 0.2) is 0 Å². The van der Waals surface area contributed by atoms with Crippen molar-refractivity contribution in [3.05, 3.63) is 0 Å². The molecule has 0 atom stereocenters. The highest BCUT2D eigenvalue weighted by Crippen LogP contribution is 2.81. The van der Waals surface area contributed by atoms with Gasteiger partial charge in [0, 0.05) is 0 Å². The maximum Gasteiger partial charge on any atom is 0.451 e.